The molecule has 1 amide bonds. The van der Waals surface area contributed by atoms with E-state index in [9.17, 15) is 9.90 Å². The van der Waals surface area contributed by atoms with Crippen LogP contribution in [0.4, 0.5) is 0 Å². The van der Waals surface area contributed by atoms with Gasteiger partial charge >= 0.3 is 0 Å². The molecule has 1 aromatic rings. The van der Waals surface area contributed by atoms with Gasteiger partial charge < -0.3 is 15.2 Å². The number of amides is 1. The maximum Gasteiger partial charge on any atom is 0.224 e. The predicted molar refractivity (Wildman–Crippen MR) is 68.5 cm³/mol. The van der Waals surface area contributed by atoms with Crippen LogP contribution in [0.25, 0.3) is 0 Å². The monoisotopic (exact) mass is 249 g/mol. The van der Waals surface area contributed by atoms with Gasteiger partial charge in [0.25, 0.3) is 0 Å². The van der Waals surface area contributed by atoms with Crippen molar-refractivity contribution in [3.05, 3.63) is 29.8 Å². The average molecular weight is 249 g/mol. The third kappa shape index (κ3) is 3.23. The van der Waals surface area contributed by atoms with Crippen molar-refractivity contribution < 1.29 is 14.6 Å². The molecule has 0 saturated heterocycles. The first-order valence-corrected chi connectivity index (χ1v) is 6.23. The zero-order valence-electron chi connectivity index (χ0n) is 10.6. The minimum Gasteiger partial charge on any atom is -0.497 e. The van der Waals surface area contributed by atoms with Gasteiger partial charge in [0.1, 0.15) is 5.75 Å². The van der Waals surface area contributed by atoms with E-state index in [2.05, 4.69) is 5.32 Å². The number of ether oxygens (including phenoxy) is 1. The number of methoxy groups -OCH3 is 1. The molecule has 98 valence electrons. The zero-order valence-corrected chi connectivity index (χ0v) is 10.6. The Kier molecular flexibility index (Phi) is 3.87. The number of nitrogens with one attached hydrogen (secondary N) is 1. The molecule has 0 unspecified atom stereocenters. The lowest BCUT2D eigenvalue weighted by molar-refractivity contribution is -0.122. The Morgan fingerprint density at radius 3 is 2.89 bits per heavy atom. The molecule has 1 aliphatic rings. The Balaban J connectivity index is 1.82. The molecular weight excluding hydrogens is 230 g/mol. The van der Waals surface area contributed by atoms with Crippen LogP contribution in [0.5, 0.6) is 5.75 Å². The van der Waals surface area contributed by atoms with E-state index >= 15 is 0 Å². The van der Waals surface area contributed by atoms with E-state index in [4.69, 9.17) is 4.74 Å². The second-order valence-electron chi connectivity index (χ2n) is 4.88. The zero-order chi connectivity index (χ0) is 13.0. The van der Waals surface area contributed by atoms with Gasteiger partial charge in [-0.25, -0.2) is 0 Å². The summed E-state index contributed by atoms with van der Waals surface area (Å²) < 4.78 is 5.11. The largest absolute Gasteiger partial charge is 0.497 e. The molecule has 1 fully saturated rings. The van der Waals surface area contributed by atoms with Crippen LogP contribution in [0.1, 0.15) is 24.8 Å². The third-order valence-electron chi connectivity index (χ3n) is 3.40. The van der Waals surface area contributed by atoms with Crippen LogP contribution < -0.4 is 10.1 Å². The van der Waals surface area contributed by atoms with E-state index < -0.39 is 5.60 Å². The molecule has 0 aromatic heterocycles. The van der Waals surface area contributed by atoms with Gasteiger partial charge in [-0.2, -0.15) is 0 Å². The van der Waals surface area contributed by atoms with E-state index in [0.717, 1.165) is 30.6 Å². The molecule has 0 spiro atoms. The normalized spacial score (nSPS) is 16.8. The van der Waals surface area contributed by atoms with E-state index in [1.54, 1.807) is 7.11 Å². The molecular formula is C14H19NO3. The molecule has 18 heavy (non-hydrogen) atoms. The number of benzene rings is 1. The van der Waals surface area contributed by atoms with E-state index in [-0.39, 0.29) is 5.91 Å². The molecule has 0 bridgehead atoms. The van der Waals surface area contributed by atoms with Gasteiger partial charge in [0, 0.05) is 6.54 Å². The molecule has 2 rings (SSSR count). The topological polar surface area (TPSA) is 58.6 Å². The lowest BCUT2D eigenvalue weighted by Crippen LogP contribution is -2.48. The van der Waals surface area contributed by atoms with Gasteiger partial charge in [0.15, 0.2) is 0 Å². The fourth-order valence-electron chi connectivity index (χ4n) is 2.06. The molecule has 0 radical (unpaired) electrons. The Morgan fingerprint density at radius 1 is 1.50 bits per heavy atom. The summed E-state index contributed by atoms with van der Waals surface area (Å²) in [5, 5.41) is 12.7. The number of aliphatic hydroxyl groups is 1. The fraction of sp³-hybridized carbons (Fsp3) is 0.500. The van der Waals surface area contributed by atoms with Crippen LogP contribution in [0.15, 0.2) is 24.3 Å². The summed E-state index contributed by atoms with van der Waals surface area (Å²) in [6.07, 6.45) is 2.93. The van der Waals surface area contributed by atoms with Crippen LogP contribution >= 0.6 is 0 Å². The molecule has 1 saturated carbocycles. The predicted octanol–water partition coefficient (Wildman–Crippen LogP) is 1.27. The van der Waals surface area contributed by atoms with Crippen LogP contribution in [-0.4, -0.2) is 30.3 Å². The lowest BCUT2D eigenvalue weighted by atomic mass is 9.80. The van der Waals surface area contributed by atoms with Crippen molar-refractivity contribution in [2.75, 3.05) is 13.7 Å². The summed E-state index contributed by atoms with van der Waals surface area (Å²) in [7, 11) is 1.60. The summed E-state index contributed by atoms with van der Waals surface area (Å²) in [6, 6.07) is 7.44. The van der Waals surface area contributed by atoms with Crippen molar-refractivity contribution in [1.82, 2.24) is 5.32 Å². The Bertz CT molecular complexity index is 427. The van der Waals surface area contributed by atoms with Crippen molar-refractivity contribution in [2.24, 2.45) is 0 Å². The van der Waals surface area contributed by atoms with Crippen molar-refractivity contribution in [1.29, 1.82) is 0 Å². The maximum absolute atomic E-state index is 11.7. The van der Waals surface area contributed by atoms with Crippen molar-refractivity contribution in [3.8, 4) is 5.75 Å². The Labute approximate surface area is 107 Å². The third-order valence-corrected chi connectivity index (χ3v) is 3.40. The van der Waals surface area contributed by atoms with Crippen molar-refractivity contribution in [3.63, 3.8) is 0 Å². The first kappa shape index (κ1) is 12.9. The van der Waals surface area contributed by atoms with Gasteiger partial charge in [0.2, 0.25) is 5.91 Å². The summed E-state index contributed by atoms with van der Waals surface area (Å²) in [6.45, 7) is 0.357. The highest BCUT2D eigenvalue weighted by molar-refractivity contribution is 5.78. The number of hydrogen-bond donors (Lipinski definition) is 2. The van der Waals surface area contributed by atoms with Gasteiger partial charge in [-0.1, -0.05) is 12.1 Å². The van der Waals surface area contributed by atoms with E-state index in [1.165, 1.54) is 0 Å². The van der Waals surface area contributed by atoms with Crippen LogP contribution in [-0.2, 0) is 11.2 Å². The molecule has 0 heterocycles. The molecule has 1 aromatic carbocycles. The van der Waals surface area contributed by atoms with E-state index in [1.807, 2.05) is 24.3 Å². The van der Waals surface area contributed by atoms with Gasteiger partial charge in [-0.3, -0.25) is 4.79 Å². The molecule has 1 aliphatic carbocycles. The molecule has 0 aliphatic heterocycles. The van der Waals surface area contributed by atoms with Gasteiger partial charge in [0.05, 0.1) is 19.1 Å². The molecule has 2 N–H and O–H groups in total. The van der Waals surface area contributed by atoms with E-state index in [0.29, 0.717) is 13.0 Å². The minimum absolute atomic E-state index is 0.0661. The van der Waals surface area contributed by atoms with Crippen molar-refractivity contribution in [2.45, 2.75) is 31.3 Å². The maximum atomic E-state index is 11.7. The first-order valence-electron chi connectivity index (χ1n) is 6.23. The number of carbonyl (C=O) groups is 1. The fourth-order valence-corrected chi connectivity index (χ4v) is 2.06. The SMILES string of the molecule is COc1cccc(CC(=O)NCC2(O)CCC2)c1. The summed E-state index contributed by atoms with van der Waals surface area (Å²) >= 11 is 0. The highest BCUT2D eigenvalue weighted by atomic mass is 16.5. The second kappa shape index (κ2) is 5.40. The first-order chi connectivity index (χ1) is 8.61. The van der Waals surface area contributed by atoms with Gasteiger partial charge in [-0.15, -0.1) is 0 Å². The highest BCUT2D eigenvalue weighted by Crippen LogP contribution is 2.30. The molecule has 4 heteroatoms. The quantitative estimate of drug-likeness (QED) is 0.826. The standard InChI is InChI=1S/C14H19NO3/c1-18-12-5-2-4-11(8-12)9-13(16)15-10-14(17)6-3-7-14/h2,4-5,8,17H,3,6-7,9-10H2,1H3,(H,15,16). The van der Waals surface area contributed by atoms with Crippen LogP contribution in [0.2, 0.25) is 0 Å². The number of carbonyl (C=O) groups excluding carboxylic acids is 1. The summed E-state index contributed by atoms with van der Waals surface area (Å²) in [5.74, 6) is 0.682. The Hall–Kier alpha value is -1.55. The average Bonchev–Trinajstić information content (AvgIpc) is 2.34. The molecule has 0 atom stereocenters. The minimum atomic E-state index is -0.663. The van der Waals surface area contributed by atoms with Crippen LogP contribution in [0.3, 0.4) is 0 Å². The second-order valence-corrected chi connectivity index (χ2v) is 4.88. The number of hydrogen-bond acceptors (Lipinski definition) is 3. The summed E-state index contributed by atoms with van der Waals surface area (Å²) in [4.78, 5) is 11.7. The van der Waals surface area contributed by atoms with Gasteiger partial charge in [-0.05, 0) is 37.0 Å². The highest BCUT2D eigenvalue weighted by Gasteiger charge is 2.34. The summed E-state index contributed by atoms with van der Waals surface area (Å²) in [5.41, 5.74) is 0.247. The molecule has 4 nitrogen and oxygen atoms in total. The van der Waals surface area contributed by atoms with Crippen LogP contribution in [0, 0.1) is 0 Å². The lowest BCUT2D eigenvalue weighted by Gasteiger charge is -2.36. The number of rotatable bonds is 5. The van der Waals surface area contributed by atoms with Crippen molar-refractivity contribution >= 4 is 5.91 Å². The smallest absolute Gasteiger partial charge is 0.224 e. The Morgan fingerprint density at radius 2 is 2.28 bits per heavy atom.